The summed E-state index contributed by atoms with van der Waals surface area (Å²) in [5, 5.41) is 15.0. The second-order valence-electron chi connectivity index (χ2n) is 5.98. The van der Waals surface area contributed by atoms with Gasteiger partial charge in [0.2, 0.25) is 6.10 Å². The van der Waals surface area contributed by atoms with Gasteiger partial charge < -0.3 is 15.3 Å². The molecule has 20 heavy (non-hydrogen) atoms. The Balaban J connectivity index is 2.32. The summed E-state index contributed by atoms with van der Waals surface area (Å²) in [5.74, 6) is -1.44. The molecule has 2 N–H and O–H groups in total. The molecule has 0 aromatic rings. The van der Waals surface area contributed by atoms with Crippen molar-refractivity contribution in [3.8, 4) is 0 Å². The van der Waals surface area contributed by atoms with Crippen molar-refractivity contribution >= 4 is 17.6 Å². The lowest BCUT2D eigenvalue weighted by Gasteiger charge is -2.25. The quantitative estimate of drug-likeness (QED) is 0.667. The molecule has 0 radical (unpaired) electrons. The lowest BCUT2D eigenvalue weighted by atomic mass is 9.87. The average molecular weight is 284 g/mol. The number of carbonyl (C=O) groups is 2. The zero-order chi connectivity index (χ0) is 15.2. The molecule has 0 saturated carbocycles. The molecule has 1 aliphatic rings. The van der Waals surface area contributed by atoms with Crippen molar-refractivity contribution in [3.05, 3.63) is 0 Å². The summed E-state index contributed by atoms with van der Waals surface area (Å²) >= 11 is 0. The first-order chi connectivity index (χ1) is 9.35. The molecule has 1 atom stereocenters. The number of hydrogen-bond acceptors (Lipinski definition) is 4. The van der Waals surface area contributed by atoms with Crippen LogP contribution in [0.5, 0.6) is 0 Å². The predicted octanol–water partition coefficient (Wildman–Crippen LogP) is 1.94. The number of nitrogens with zero attached hydrogens (tertiary/aromatic N) is 1. The Morgan fingerprint density at radius 1 is 1.45 bits per heavy atom. The van der Waals surface area contributed by atoms with E-state index in [1.807, 2.05) is 0 Å². The number of carboxylic acids is 1. The molecule has 0 aromatic heterocycles. The second kappa shape index (κ2) is 7.26. The number of carbonyl (C=O) groups excluding carboxylic acids is 1. The minimum atomic E-state index is -1.14. The van der Waals surface area contributed by atoms with Crippen LogP contribution in [0.25, 0.3) is 0 Å². The highest BCUT2D eigenvalue weighted by Gasteiger charge is 2.32. The van der Waals surface area contributed by atoms with Gasteiger partial charge in [0, 0.05) is 13.0 Å². The normalized spacial score (nSPS) is 18.4. The minimum Gasteiger partial charge on any atom is -0.477 e. The van der Waals surface area contributed by atoms with Gasteiger partial charge in [-0.2, -0.15) is 0 Å². The van der Waals surface area contributed by atoms with Crippen LogP contribution in [0.1, 0.15) is 52.9 Å². The minimum absolute atomic E-state index is 0.0252. The summed E-state index contributed by atoms with van der Waals surface area (Å²) in [6.45, 7) is 6.93. The van der Waals surface area contributed by atoms with E-state index in [9.17, 15) is 9.59 Å². The number of oxime groups is 1. The fraction of sp³-hybridized carbons (Fsp3) is 0.786. The molecule has 6 nitrogen and oxygen atoms in total. The van der Waals surface area contributed by atoms with E-state index in [-0.39, 0.29) is 23.5 Å². The smallest absolute Gasteiger partial charge is 0.353 e. The van der Waals surface area contributed by atoms with Crippen molar-refractivity contribution in [1.82, 2.24) is 5.32 Å². The van der Waals surface area contributed by atoms with E-state index in [0.29, 0.717) is 6.54 Å². The van der Waals surface area contributed by atoms with Gasteiger partial charge in [-0.15, -0.1) is 0 Å². The highest BCUT2D eigenvalue weighted by molar-refractivity contribution is 6.36. The van der Waals surface area contributed by atoms with Crippen LogP contribution >= 0.6 is 0 Å². The van der Waals surface area contributed by atoms with E-state index >= 15 is 0 Å². The molecule has 0 aliphatic carbocycles. The zero-order valence-corrected chi connectivity index (χ0v) is 12.4. The van der Waals surface area contributed by atoms with Gasteiger partial charge >= 0.3 is 5.97 Å². The standard InChI is InChI=1S/C14H24N2O4/c1-4-5-6-7-14(2,3)9-15-12(17)11-8-10(13(18)19)16-20-11/h11H,4-9H2,1-3H3,(H,15,17)(H,18,19). The molecule has 0 saturated heterocycles. The third-order valence-electron chi connectivity index (χ3n) is 3.41. The molecule has 0 spiro atoms. The molecule has 0 bridgehead atoms. The molecule has 0 aromatic carbocycles. The fourth-order valence-electron chi connectivity index (χ4n) is 2.03. The van der Waals surface area contributed by atoms with Crippen LogP contribution in [0.4, 0.5) is 0 Å². The van der Waals surface area contributed by atoms with E-state index in [4.69, 9.17) is 9.94 Å². The van der Waals surface area contributed by atoms with Gasteiger partial charge in [0.1, 0.15) is 0 Å². The molecular formula is C14H24N2O4. The maximum atomic E-state index is 11.9. The first kappa shape index (κ1) is 16.5. The van der Waals surface area contributed by atoms with Gasteiger partial charge in [-0.05, 0) is 11.8 Å². The number of carboxylic acid groups (broad SMARTS) is 1. The Kier molecular flexibility index (Phi) is 5.98. The fourth-order valence-corrected chi connectivity index (χ4v) is 2.03. The number of aliphatic carboxylic acids is 1. The van der Waals surface area contributed by atoms with Crippen LogP contribution in [-0.4, -0.2) is 35.3 Å². The molecule has 1 unspecified atom stereocenters. The Labute approximate surface area is 119 Å². The molecule has 114 valence electrons. The lowest BCUT2D eigenvalue weighted by Crippen LogP contribution is -2.40. The summed E-state index contributed by atoms with van der Waals surface area (Å²) in [5.41, 5.74) is -0.0766. The summed E-state index contributed by atoms with van der Waals surface area (Å²) in [6, 6.07) is 0. The zero-order valence-electron chi connectivity index (χ0n) is 12.4. The van der Waals surface area contributed by atoms with Gasteiger partial charge in [0.05, 0.1) is 0 Å². The van der Waals surface area contributed by atoms with Gasteiger partial charge in [-0.1, -0.05) is 45.2 Å². The van der Waals surface area contributed by atoms with Gasteiger partial charge in [0.15, 0.2) is 5.71 Å². The van der Waals surface area contributed by atoms with Crippen molar-refractivity contribution in [3.63, 3.8) is 0 Å². The first-order valence-electron chi connectivity index (χ1n) is 7.09. The highest BCUT2D eigenvalue weighted by Crippen LogP contribution is 2.23. The third kappa shape index (κ3) is 5.19. The lowest BCUT2D eigenvalue weighted by molar-refractivity contribution is -0.131. The van der Waals surface area contributed by atoms with Crippen molar-refractivity contribution in [1.29, 1.82) is 0 Å². The Morgan fingerprint density at radius 3 is 2.70 bits per heavy atom. The number of nitrogens with one attached hydrogen (secondary N) is 1. The van der Waals surface area contributed by atoms with Gasteiger partial charge in [0.25, 0.3) is 5.91 Å². The third-order valence-corrected chi connectivity index (χ3v) is 3.41. The first-order valence-corrected chi connectivity index (χ1v) is 7.09. The molecule has 1 heterocycles. The number of unbranched alkanes of at least 4 members (excludes halogenated alkanes) is 2. The Bertz CT molecular complexity index is 391. The highest BCUT2D eigenvalue weighted by atomic mass is 16.6. The molecule has 1 rings (SSSR count). The largest absolute Gasteiger partial charge is 0.477 e. The van der Waals surface area contributed by atoms with Gasteiger partial charge in [-0.3, -0.25) is 4.79 Å². The van der Waals surface area contributed by atoms with E-state index in [1.165, 1.54) is 12.8 Å². The van der Waals surface area contributed by atoms with E-state index in [1.54, 1.807) is 0 Å². The van der Waals surface area contributed by atoms with E-state index in [2.05, 4.69) is 31.2 Å². The Hall–Kier alpha value is -1.59. The molecule has 6 heteroatoms. The number of hydrogen-bond donors (Lipinski definition) is 2. The van der Waals surface area contributed by atoms with E-state index < -0.39 is 12.1 Å². The van der Waals surface area contributed by atoms with Crippen LogP contribution in [0.15, 0.2) is 5.16 Å². The van der Waals surface area contributed by atoms with Crippen LogP contribution in [0.2, 0.25) is 0 Å². The van der Waals surface area contributed by atoms with Crippen LogP contribution < -0.4 is 5.32 Å². The Morgan fingerprint density at radius 2 is 2.15 bits per heavy atom. The topological polar surface area (TPSA) is 88.0 Å². The van der Waals surface area contributed by atoms with Crippen molar-refractivity contribution in [2.45, 2.75) is 59.0 Å². The number of amides is 1. The summed E-state index contributed by atoms with van der Waals surface area (Å²) in [7, 11) is 0. The van der Waals surface area contributed by atoms with Crippen molar-refractivity contribution in [2.24, 2.45) is 10.6 Å². The maximum absolute atomic E-state index is 11.9. The van der Waals surface area contributed by atoms with Crippen LogP contribution in [0.3, 0.4) is 0 Å². The SMILES string of the molecule is CCCCCC(C)(C)CNC(=O)C1CC(C(=O)O)=NO1. The van der Waals surface area contributed by atoms with Crippen molar-refractivity contribution < 1.29 is 19.5 Å². The molecule has 0 fully saturated rings. The van der Waals surface area contributed by atoms with E-state index in [0.717, 1.165) is 12.8 Å². The molecular weight excluding hydrogens is 260 g/mol. The monoisotopic (exact) mass is 284 g/mol. The molecule has 1 aliphatic heterocycles. The van der Waals surface area contributed by atoms with Gasteiger partial charge in [-0.25, -0.2) is 4.79 Å². The summed E-state index contributed by atoms with van der Waals surface area (Å²) in [6.07, 6.45) is 3.77. The van der Waals surface area contributed by atoms with Crippen LogP contribution in [-0.2, 0) is 14.4 Å². The average Bonchev–Trinajstić information content (AvgIpc) is 2.86. The van der Waals surface area contributed by atoms with Crippen LogP contribution in [0, 0.1) is 5.41 Å². The van der Waals surface area contributed by atoms with Crippen molar-refractivity contribution in [2.75, 3.05) is 6.54 Å². The summed E-state index contributed by atoms with van der Waals surface area (Å²) < 4.78 is 0. The maximum Gasteiger partial charge on any atom is 0.353 e. The summed E-state index contributed by atoms with van der Waals surface area (Å²) in [4.78, 5) is 27.4. The molecule has 1 amide bonds. The predicted molar refractivity (Wildman–Crippen MR) is 75.5 cm³/mol. The second-order valence-corrected chi connectivity index (χ2v) is 5.98. The number of rotatable bonds is 8.